The third-order valence-electron chi connectivity index (χ3n) is 7.48. The highest BCUT2D eigenvalue weighted by Crippen LogP contribution is 2.36. The molecule has 198 valence electrons. The van der Waals surface area contributed by atoms with Gasteiger partial charge in [-0.05, 0) is 79.8 Å². The number of ether oxygens (including phenoxy) is 3. The fourth-order valence-electron chi connectivity index (χ4n) is 5.23. The van der Waals surface area contributed by atoms with Crippen LogP contribution < -0.4 is 24.4 Å². The SMILES string of the molecule is COc1ccc([C@H](C(=O)NC2CCCC2)N(C(=O)c2ccc3c(c2)OCCO3)c2cccc(C)c2C)cc1. The van der Waals surface area contributed by atoms with Gasteiger partial charge in [0.1, 0.15) is 25.0 Å². The lowest BCUT2D eigenvalue weighted by molar-refractivity contribution is -0.123. The van der Waals surface area contributed by atoms with Gasteiger partial charge in [0.15, 0.2) is 11.5 Å². The molecule has 38 heavy (non-hydrogen) atoms. The molecule has 0 bridgehead atoms. The minimum absolute atomic E-state index is 0.105. The summed E-state index contributed by atoms with van der Waals surface area (Å²) in [6.07, 6.45) is 4.07. The zero-order chi connectivity index (χ0) is 26.6. The topological polar surface area (TPSA) is 77.1 Å². The molecular weight excluding hydrogens is 480 g/mol. The quantitative estimate of drug-likeness (QED) is 0.449. The number of carbonyl (C=O) groups excluding carboxylic acids is 2. The van der Waals surface area contributed by atoms with Crippen LogP contribution in [0.15, 0.2) is 60.7 Å². The Kier molecular flexibility index (Phi) is 7.54. The lowest BCUT2D eigenvalue weighted by Crippen LogP contribution is -2.46. The maximum Gasteiger partial charge on any atom is 0.259 e. The van der Waals surface area contributed by atoms with E-state index in [1.54, 1.807) is 30.2 Å². The summed E-state index contributed by atoms with van der Waals surface area (Å²) in [4.78, 5) is 30.1. The van der Waals surface area contributed by atoms with E-state index < -0.39 is 6.04 Å². The summed E-state index contributed by atoms with van der Waals surface area (Å²) in [5, 5.41) is 3.24. The van der Waals surface area contributed by atoms with Gasteiger partial charge in [0.05, 0.1) is 7.11 Å². The van der Waals surface area contributed by atoms with Crippen LogP contribution in [0.4, 0.5) is 5.69 Å². The van der Waals surface area contributed by atoms with Crippen molar-refractivity contribution in [1.82, 2.24) is 5.32 Å². The van der Waals surface area contributed by atoms with E-state index in [1.807, 2.05) is 56.3 Å². The molecule has 3 aromatic rings. The molecule has 0 radical (unpaired) electrons. The average molecular weight is 515 g/mol. The average Bonchev–Trinajstić information content (AvgIpc) is 3.46. The summed E-state index contributed by atoms with van der Waals surface area (Å²) in [6.45, 7) is 4.88. The van der Waals surface area contributed by atoms with E-state index in [1.165, 1.54) is 0 Å². The molecule has 0 aromatic heterocycles. The van der Waals surface area contributed by atoms with Crippen LogP contribution in [0.3, 0.4) is 0 Å². The number of carbonyl (C=O) groups is 2. The van der Waals surface area contributed by atoms with Gasteiger partial charge in [-0.25, -0.2) is 0 Å². The van der Waals surface area contributed by atoms with Crippen LogP contribution in [0.25, 0.3) is 0 Å². The van der Waals surface area contributed by atoms with E-state index in [9.17, 15) is 9.59 Å². The Hall–Kier alpha value is -4.00. The van der Waals surface area contributed by atoms with E-state index in [4.69, 9.17) is 14.2 Å². The number of aryl methyl sites for hydroxylation is 1. The van der Waals surface area contributed by atoms with Crippen molar-refractivity contribution in [2.45, 2.75) is 51.6 Å². The number of nitrogens with one attached hydrogen (secondary N) is 1. The first-order valence-corrected chi connectivity index (χ1v) is 13.2. The molecule has 1 atom stereocenters. The molecule has 1 N–H and O–H groups in total. The van der Waals surface area contributed by atoms with Gasteiger partial charge >= 0.3 is 0 Å². The number of methoxy groups -OCH3 is 1. The van der Waals surface area contributed by atoms with Crippen molar-refractivity contribution >= 4 is 17.5 Å². The second-order valence-corrected chi connectivity index (χ2v) is 9.92. The van der Waals surface area contributed by atoms with Crippen molar-refractivity contribution < 1.29 is 23.8 Å². The molecule has 0 saturated heterocycles. The number of anilines is 1. The van der Waals surface area contributed by atoms with Crippen LogP contribution in [0.2, 0.25) is 0 Å². The van der Waals surface area contributed by atoms with Crippen LogP contribution in [0.5, 0.6) is 17.2 Å². The molecule has 1 heterocycles. The number of amides is 2. The van der Waals surface area contributed by atoms with E-state index in [0.717, 1.165) is 36.8 Å². The smallest absolute Gasteiger partial charge is 0.259 e. The standard InChI is InChI=1S/C31H34N2O5/c1-20-7-6-10-26(21(20)2)33(31(35)23-13-16-27-28(19-23)38-18-17-37-27)29(22-11-14-25(36-3)15-12-22)30(34)32-24-8-4-5-9-24/h6-7,10-16,19,24,29H,4-5,8-9,17-18H2,1-3H3,(H,32,34)/t29-/m1/s1. The Morgan fingerprint density at radius 1 is 0.947 bits per heavy atom. The Bertz CT molecular complexity index is 1310. The number of fused-ring (bicyclic) bond motifs is 1. The van der Waals surface area contributed by atoms with Gasteiger partial charge in [-0.1, -0.05) is 37.1 Å². The Morgan fingerprint density at radius 3 is 2.37 bits per heavy atom. The first-order valence-electron chi connectivity index (χ1n) is 13.2. The third kappa shape index (κ3) is 5.19. The summed E-state index contributed by atoms with van der Waals surface area (Å²) in [7, 11) is 1.60. The van der Waals surface area contributed by atoms with Gasteiger partial charge in [-0.2, -0.15) is 0 Å². The van der Waals surface area contributed by atoms with E-state index in [0.29, 0.717) is 47.3 Å². The monoisotopic (exact) mass is 514 g/mol. The highest BCUT2D eigenvalue weighted by Gasteiger charge is 2.36. The maximum atomic E-state index is 14.4. The predicted molar refractivity (Wildman–Crippen MR) is 146 cm³/mol. The number of hydrogen-bond donors (Lipinski definition) is 1. The zero-order valence-corrected chi connectivity index (χ0v) is 22.2. The third-order valence-corrected chi connectivity index (χ3v) is 7.48. The highest BCUT2D eigenvalue weighted by atomic mass is 16.6. The van der Waals surface area contributed by atoms with Gasteiger partial charge in [0.25, 0.3) is 5.91 Å². The zero-order valence-electron chi connectivity index (χ0n) is 22.2. The van der Waals surface area contributed by atoms with E-state index in [-0.39, 0.29) is 17.9 Å². The molecule has 1 aliphatic carbocycles. The van der Waals surface area contributed by atoms with Crippen molar-refractivity contribution in [3.63, 3.8) is 0 Å². The molecule has 1 aliphatic heterocycles. The Balaban J connectivity index is 1.63. The van der Waals surface area contributed by atoms with Crippen LogP contribution in [0, 0.1) is 13.8 Å². The van der Waals surface area contributed by atoms with E-state index in [2.05, 4.69) is 5.32 Å². The number of benzene rings is 3. The van der Waals surface area contributed by atoms with Crippen LogP contribution in [-0.2, 0) is 4.79 Å². The van der Waals surface area contributed by atoms with Gasteiger partial charge in [0.2, 0.25) is 5.91 Å². The maximum absolute atomic E-state index is 14.4. The summed E-state index contributed by atoms with van der Waals surface area (Å²) in [6, 6.07) is 17.6. The fourth-order valence-corrected chi connectivity index (χ4v) is 5.23. The second-order valence-electron chi connectivity index (χ2n) is 9.92. The lowest BCUT2D eigenvalue weighted by Gasteiger charge is -2.34. The summed E-state index contributed by atoms with van der Waals surface area (Å²) < 4.78 is 16.8. The molecule has 7 nitrogen and oxygen atoms in total. The molecule has 1 saturated carbocycles. The fraction of sp³-hybridized carbons (Fsp3) is 0.355. The lowest BCUT2D eigenvalue weighted by atomic mass is 9.98. The summed E-state index contributed by atoms with van der Waals surface area (Å²) in [5.74, 6) is 1.32. The minimum Gasteiger partial charge on any atom is -0.497 e. The van der Waals surface area contributed by atoms with Crippen molar-refractivity contribution in [3.8, 4) is 17.2 Å². The summed E-state index contributed by atoms with van der Waals surface area (Å²) >= 11 is 0. The number of hydrogen-bond acceptors (Lipinski definition) is 5. The molecule has 0 unspecified atom stereocenters. The molecule has 3 aromatic carbocycles. The Morgan fingerprint density at radius 2 is 1.66 bits per heavy atom. The van der Waals surface area contributed by atoms with Gasteiger partial charge in [-0.15, -0.1) is 0 Å². The van der Waals surface area contributed by atoms with Gasteiger partial charge in [0, 0.05) is 17.3 Å². The number of rotatable bonds is 7. The second kappa shape index (κ2) is 11.2. The van der Waals surface area contributed by atoms with Crippen molar-refractivity contribution in [1.29, 1.82) is 0 Å². The Labute approximate surface area is 223 Å². The summed E-state index contributed by atoms with van der Waals surface area (Å²) in [5.41, 5.74) is 3.78. The first-order chi connectivity index (χ1) is 18.5. The van der Waals surface area contributed by atoms with E-state index >= 15 is 0 Å². The molecule has 5 rings (SSSR count). The van der Waals surface area contributed by atoms with Crippen LogP contribution in [-0.4, -0.2) is 38.2 Å². The van der Waals surface area contributed by atoms with Crippen molar-refractivity contribution in [2.75, 3.05) is 25.2 Å². The largest absolute Gasteiger partial charge is 0.497 e. The van der Waals surface area contributed by atoms with Crippen LogP contribution in [0.1, 0.15) is 58.8 Å². The number of nitrogens with zero attached hydrogens (tertiary/aromatic N) is 1. The molecule has 2 amide bonds. The van der Waals surface area contributed by atoms with Crippen molar-refractivity contribution in [3.05, 3.63) is 82.9 Å². The normalized spacial score (nSPS) is 15.6. The molecule has 2 aliphatic rings. The first kappa shape index (κ1) is 25.6. The van der Waals surface area contributed by atoms with Crippen LogP contribution >= 0.6 is 0 Å². The molecule has 1 fully saturated rings. The van der Waals surface area contributed by atoms with Gasteiger partial charge in [-0.3, -0.25) is 14.5 Å². The molecular formula is C31H34N2O5. The van der Waals surface area contributed by atoms with Gasteiger partial charge < -0.3 is 19.5 Å². The highest BCUT2D eigenvalue weighted by molar-refractivity contribution is 6.11. The molecule has 7 heteroatoms. The van der Waals surface area contributed by atoms with Crippen molar-refractivity contribution in [2.24, 2.45) is 0 Å². The molecule has 0 spiro atoms. The minimum atomic E-state index is -0.886. The predicted octanol–water partition coefficient (Wildman–Crippen LogP) is 5.53.